The first-order valence-electron chi connectivity index (χ1n) is 3.79. The first kappa shape index (κ1) is 7.72. The predicted octanol–water partition coefficient (Wildman–Crippen LogP) is 1.02. The number of nitrogens with two attached hydrogens (primary N) is 1. The van der Waals surface area contributed by atoms with E-state index in [1.807, 2.05) is 19.1 Å². The molecule has 0 radical (unpaired) electrons. The molecule has 2 aromatic rings. The van der Waals surface area contributed by atoms with Gasteiger partial charge in [0.1, 0.15) is 5.69 Å². The standard InChI is InChI=1S/C8H8N4O/c1-5-3-2-4-6(10-5)7-11-8(9)12-13-7/h2-4H,1H3,(H2,9,12). The topological polar surface area (TPSA) is 77.8 Å². The van der Waals surface area contributed by atoms with Crippen LogP contribution >= 0.6 is 0 Å². The summed E-state index contributed by atoms with van der Waals surface area (Å²) in [6.07, 6.45) is 0. The van der Waals surface area contributed by atoms with Gasteiger partial charge in [0.2, 0.25) is 0 Å². The molecule has 2 aromatic heterocycles. The van der Waals surface area contributed by atoms with Gasteiger partial charge in [-0.3, -0.25) is 0 Å². The number of rotatable bonds is 1. The van der Waals surface area contributed by atoms with Crippen molar-refractivity contribution in [2.24, 2.45) is 0 Å². The summed E-state index contributed by atoms with van der Waals surface area (Å²) in [6, 6.07) is 5.56. The van der Waals surface area contributed by atoms with Gasteiger partial charge in [0.25, 0.3) is 11.8 Å². The zero-order chi connectivity index (χ0) is 9.26. The van der Waals surface area contributed by atoms with Gasteiger partial charge in [0, 0.05) is 5.69 Å². The van der Waals surface area contributed by atoms with E-state index in [1.54, 1.807) is 6.07 Å². The van der Waals surface area contributed by atoms with Crippen LogP contribution in [-0.2, 0) is 0 Å². The van der Waals surface area contributed by atoms with Crippen LogP contribution in [0.1, 0.15) is 5.69 Å². The van der Waals surface area contributed by atoms with E-state index in [0.29, 0.717) is 11.6 Å². The number of hydrogen-bond donors (Lipinski definition) is 1. The fourth-order valence-electron chi connectivity index (χ4n) is 1.00. The number of pyridine rings is 1. The van der Waals surface area contributed by atoms with E-state index < -0.39 is 0 Å². The summed E-state index contributed by atoms with van der Waals surface area (Å²) in [4.78, 5) is 8.06. The lowest BCUT2D eigenvalue weighted by Gasteiger charge is -1.93. The van der Waals surface area contributed by atoms with Gasteiger partial charge in [-0.25, -0.2) is 4.98 Å². The molecule has 66 valence electrons. The Morgan fingerprint density at radius 3 is 2.77 bits per heavy atom. The summed E-state index contributed by atoms with van der Waals surface area (Å²) in [5.41, 5.74) is 6.85. The molecule has 0 aliphatic heterocycles. The second-order valence-corrected chi connectivity index (χ2v) is 2.62. The number of nitrogens with zero attached hydrogens (tertiary/aromatic N) is 3. The Balaban J connectivity index is 2.46. The van der Waals surface area contributed by atoms with Crippen LogP contribution in [0, 0.1) is 6.92 Å². The van der Waals surface area contributed by atoms with Gasteiger partial charge in [-0.2, -0.15) is 4.98 Å². The van der Waals surface area contributed by atoms with Crippen molar-refractivity contribution in [1.82, 2.24) is 15.1 Å². The molecule has 13 heavy (non-hydrogen) atoms. The van der Waals surface area contributed by atoms with Crippen molar-refractivity contribution in [1.29, 1.82) is 0 Å². The highest BCUT2D eigenvalue weighted by Gasteiger charge is 2.06. The van der Waals surface area contributed by atoms with E-state index in [9.17, 15) is 0 Å². The van der Waals surface area contributed by atoms with Crippen molar-refractivity contribution < 1.29 is 4.52 Å². The zero-order valence-electron chi connectivity index (χ0n) is 7.06. The smallest absolute Gasteiger partial charge is 0.278 e. The SMILES string of the molecule is Cc1cccc(-c2nc(N)no2)n1. The third-order valence-corrected chi connectivity index (χ3v) is 1.55. The van der Waals surface area contributed by atoms with Gasteiger partial charge in [-0.15, -0.1) is 0 Å². The molecule has 0 aliphatic rings. The maximum atomic E-state index is 5.31. The van der Waals surface area contributed by atoms with Crippen LogP contribution < -0.4 is 5.73 Å². The van der Waals surface area contributed by atoms with E-state index in [2.05, 4.69) is 15.1 Å². The number of anilines is 1. The maximum Gasteiger partial charge on any atom is 0.278 e. The molecule has 0 spiro atoms. The summed E-state index contributed by atoms with van der Waals surface area (Å²) in [5, 5.41) is 3.47. The number of hydrogen-bond acceptors (Lipinski definition) is 5. The lowest BCUT2D eigenvalue weighted by molar-refractivity contribution is 0.431. The molecule has 5 heteroatoms. The minimum absolute atomic E-state index is 0.123. The molecule has 0 amide bonds. The van der Waals surface area contributed by atoms with E-state index in [-0.39, 0.29) is 5.95 Å². The number of aromatic nitrogens is 3. The zero-order valence-corrected chi connectivity index (χ0v) is 7.06. The minimum Gasteiger partial charge on any atom is -0.365 e. The molecule has 0 bridgehead atoms. The Morgan fingerprint density at radius 2 is 2.15 bits per heavy atom. The highest BCUT2D eigenvalue weighted by Crippen LogP contribution is 2.14. The Hall–Kier alpha value is -1.91. The molecule has 0 fully saturated rings. The predicted molar refractivity (Wildman–Crippen MR) is 46.7 cm³/mol. The molecule has 2 heterocycles. The number of aryl methyl sites for hydroxylation is 1. The highest BCUT2D eigenvalue weighted by molar-refractivity contribution is 5.47. The first-order valence-corrected chi connectivity index (χ1v) is 3.79. The van der Waals surface area contributed by atoms with E-state index >= 15 is 0 Å². The molecule has 2 rings (SSSR count). The third-order valence-electron chi connectivity index (χ3n) is 1.55. The normalized spacial score (nSPS) is 10.2. The summed E-state index contributed by atoms with van der Waals surface area (Å²) < 4.78 is 4.86. The summed E-state index contributed by atoms with van der Waals surface area (Å²) in [6.45, 7) is 1.89. The summed E-state index contributed by atoms with van der Waals surface area (Å²) in [7, 11) is 0. The molecule has 2 N–H and O–H groups in total. The van der Waals surface area contributed by atoms with Gasteiger partial charge in [0.05, 0.1) is 0 Å². The van der Waals surface area contributed by atoms with Crippen LogP contribution in [-0.4, -0.2) is 15.1 Å². The van der Waals surface area contributed by atoms with Gasteiger partial charge in [0.15, 0.2) is 0 Å². The van der Waals surface area contributed by atoms with Crippen LogP contribution in [0.4, 0.5) is 5.95 Å². The molecular formula is C8H8N4O. The molecule has 0 saturated heterocycles. The minimum atomic E-state index is 0.123. The van der Waals surface area contributed by atoms with Crippen molar-refractivity contribution in [2.45, 2.75) is 6.92 Å². The highest BCUT2D eigenvalue weighted by atomic mass is 16.5. The Bertz CT molecular complexity index is 424. The van der Waals surface area contributed by atoms with Crippen LogP contribution in [0.25, 0.3) is 11.6 Å². The van der Waals surface area contributed by atoms with Gasteiger partial charge in [-0.1, -0.05) is 6.07 Å². The maximum absolute atomic E-state index is 5.31. The summed E-state index contributed by atoms with van der Waals surface area (Å²) in [5.74, 6) is 0.472. The molecule has 0 saturated carbocycles. The quantitative estimate of drug-likeness (QED) is 0.701. The van der Waals surface area contributed by atoms with Gasteiger partial charge in [-0.05, 0) is 24.2 Å². The van der Waals surface area contributed by atoms with Crippen LogP contribution in [0.15, 0.2) is 22.7 Å². The van der Waals surface area contributed by atoms with Crippen molar-refractivity contribution in [3.05, 3.63) is 23.9 Å². The van der Waals surface area contributed by atoms with E-state index in [0.717, 1.165) is 5.69 Å². The van der Waals surface area contributed by atoms with Crippen LogP contribution in [0.5, 0.6) is 0 Å². The molecular weight excluding hydrogens is 168 g/mol. The molecule has 0 aromatic carbocycles. The fourth-order valence-corrected chi connectivity index (χ4v) is 1.00. The average molecular weight is 176 g/mol. The molecule has 0 unspecified atom stereocenters. The largest absolute Gasteiger partial charge is 0.365 e. The monoisotopic (exact) mass is 176 g/mol. The fraction of sp³-hybridized carbons (Fsp3) is 0.125. The average Bonchev–Trinajstić information content (AvgIpc) is 2.52. The van der Waals surface area contributed by atoms with Crippen LogP contribution in [0.3, 0.4) is 0 Å². The van der Waals surface area contributed by atoms with Crippen molar-refractivity contribution in [2.75, 3.05) is 5.73 Å². The van der Waals surface area contributed by atoms with E-state index in [4.69, 9.17) is 10.3 Å². The Morgan fingerprint density at radius 1 is 1.31 bits per heavy atom. The molecule has 5 nitrogen and oxygen atoms in total. The summed E-state index contributed by atoms with van der Waals surface area (Å²) >= 11 is 0. The lowest BCUT2D eigenvalue weighted by Crippen LogP contribution is -1.88. The van der Waals surface area contributed by atoms with Crippen molar-refractivity contribution >= 4 is 5.95 Å². The lowest BCUT2D eigenvalue weighted by atomic mass is 10.3. The third kappa shape index (κ3) is 1.48. The van der Waals surface area contributed by atoms with Gasteiger partial charge >= 0.3 is 0 Å². The first-order chi connectivity index (χ1) is 6.25. The van der Waals surface area contributed by atoms with Gasteiger partial charge < -0.3 is 10.3 Å². The Kier molecular flexibility index (Phi) is 1.70. The van der Waals surface area contributed by atoms with Crippen molar-refractivity contribution in [3.8, 4) is 11.6 Å². The molecule has 0 aliphatic carbocycles. The second-order valence-electron chi connectivity index (χ2n) is 2.62. The van der Waals surface area contributed by atoms with Crippen molar-refractivity contribution in [3.63, 3.8) is 0 Å². The van der Waals surface area contributed by atoms with Crippen LogP contribution in [0.2, 0.25) is 0 Å². The number of nitrogen functional groups attached to an aromatic ring is 1. The van der Waals surface area contributed by atoms with E-state index in [1.165, 1.54) is 0 Å². The molecule has 0 atom stereocenters. The second kappa shape index (κ2) is 2.85. The Labute approximate surface area is 74.6 Å².